The van der Waals surface area contributed by atoms with E-state index in [2.05, 4.69) is 5.92 Å². The summed E-state index contributed by atoms with van der Waals surface area (Å²) in [6, 6.07) is 5.60. The second-order valence-corrected chi connectivity index (χ2v) is 4.15. The number of nitrogens with two attached hydrogens (primary N) is 1. The zero-order valence-electron chi connectivity index (χ0n) is 10.3. The fourth-order valence-electron chi connectivity index (χ4n) is 2.01. The van der Waals surface area contributed by atoms with Crippen LogP contribution in [0, 0.1) is 12.3 Å². The van der Waals surface area contributed by atoms with Gasteiger partial charge < -0.3 is 10.5 Å². The Morgan fingerprint density at radius 1 is 1.56 bits per heavy atom. The van der Waals surface area contributed by atoms with Crippen molar-refractivity contribution in [3.8, 4) is 18.1 Å². The van der Waals surface area contributed by atoms with Gasteiger partial charge in [0, 0.05) is 6.54 Å². The normalized spacial score (nSPS) is 17.9. The maximum atomic E-state index is 12.2. The molecule has 0 saturated carbocycles. The molecule has 94 valence electrons. The Balaban J connectivity index is 2.46. The summed E-state index contributed by atoms with van der Waals surface area (Å²) in [6.07, 6.45) is 5.50. The molecule has 4 heteroatoms. The van der Waals surface area contributed by atoms with E-state index < -0.39 is 6.10 Å². The lowest BCUT2D eigenvalue weighted by Gasteiger charge is -2.33. The molecule has 0 fully saturated rings. The van der Waals surface area contributed by atoms with E-state index in [1.165, 1.54) is 0 Å². The van der Waals surface area contributed by atoms with Crippen molar-refractivity contribution in [1.29, 1.82) is 0 Å². The molecular weight excluding hydrogens is 228 g/mol. The minimum Gasteiger partial charge on any atom is -0.478 e. The number of hydrogen-bond acceptors (Lipinski definition) is 3. The van der Waals surface area contributed by atoms with Crippen LogP contribution in [0.15, 0.2) is 18.2 Å². The molecule has 1 amide bonds. The number of rotatable bonds is 3. The minimum absolute atomic E-state index is 0.0860. The van der Waals surface area contributed by atoms with Gasteiger partial charge in [-0.15, -0.1) is 6.42 Å². The lowest BCUT2D eigenvalue weighted by molar-refractivity contribution is -0.126. The molecule has 0 saturated heterocycles. The van der Waals surface area contributed by atoms with Crippen LogP contribution >= 0.6 is 0 Å². The average molecular weight is 244 g/mol. The Morgan fingerprint density at radius 3 is 2.94 bits per heavy atom. The van der Waals surface area contributed by atoms with Crippen molar-refractivity contribution < 1.29 is 9.53 Å². The summed E-state index contributed by atoms with van der Waals surface area (Å²) in [5.41, 5.74) is 7.27. The smallest absolute Gasteiger partial charge is 0.269 e. The van der Waals surface area contributed by atoms with Crippen molar-refractivity contribution >= 4 is 11.6 Å². The highest BCUT2D eigenvalue weighted by Crippen LogP contribution is 2.35. The number of terminal acetylenes is 1. The van der Waals surface area contributed by atoms with Gasteiger partial charge >= 0.3 is 0 Å². The number of anilines is 1. The number of amides is 1. The maximum Gasteiger partial charge on any atom is 0.269 e. The van der Waals surface area contributed by atoms with Gasteiger partial charge in [0.05, 0.1) is 12.2 Å². The fraction of sp³-hybridized carbons (Fsp3) is 0.357. The molecule has 1 heterocycles. The van der Waals surface area contributed by atoms with Crippen LogP contribution in [-0.2, 0) is 11.3 Å². The Hall–Kier alpha value is -1.99. The summed E-state index contributed by atoms with van der Waals surface area (Å²) < 4.78 is 5.67. The topological polar surface area (TPSA) is 55.6 Å². The van der Waals surface area contributed by atoms with E-state index in [0.717, 1.165) is 5.56 Å². The van der Waals surface area contributed by atoms with E-state index in [0.29, 0.717) is 24.4 Å². The predicted octanol–water partition coefficient (Wildman–Crippen LogP) is 1.28. The molecule has 1 aliphatic rings. The molecule has 1 unspecified atom stereocenters. The number of nitrogens with zero attached hydrogens (tertiary/aromatic N) is 1. The summed E-state index contributed by atoms with van der Waals surface area (Å²) >= 11 is 0. The summed E-state index contributed by atoms with van der Waals surface area (Å²) in [7, 11) is 0. The van der Waals surface area contributed by atoms with Crippen molar-refractivity contribution in [3.05, 3.63) is 23.8 Å². The van der Waals surface area contributed by atoms with Crippen LogP contribution < -0.4 is 15.4 Å². The van der Waals surface area contributed by atoms with Crippen LogP contribution in [0.25, 0.3) is 0 Å². The number of hydrogen-bond donors (Lipinski definition) is 1. The average Bonchev–Trinajstić information content (AvgIpc) is 2.41. The first-order valence-corrected chi connectivity index (χ1v) is 5.95. The Bertz CT molecular complexity index is 505. The van der Waals surface area contributed by atoms with Gasteiger partial charge in [-0.05, 0) is 24.1 Å². The number of fused-ring (bicyclic) bond motifs is 1. The van der Waals surface area contributed by atoms with E-state index in [9.17, 15) is 4.79 Å². The molecule has 0 radical (unpaired) electrons. The van der Waals surface area contributed by atoms with Gasteiger partial charge in [0.1, 0.15) is 5.75 Å². The number of carbonyl (C=O) groups excluding carboxylic acids is 1. The highest BCUT2D eigenvalue weighted by Gasteiger charge is 2.32. The molecule has 2 N–H and O–H groups in total. The monoisotopic (exact) mass is 244 g/mol. The lowest BCUT2D eigenvalue weighted by atomic mass is 10.1. The van der Waals surface area contributed by atoms with Crippen LogP contribution in [0.4, 0.5) is 5.69 Å². The molecule has 4 nitrogen and oxygen atoms in total. The van der Waals surface area contributed by atoms with E-state index in [1.54, 1.807) is 4.90 Å². The van der Waals surface area contributed by atoms with Crippen LogP contribution in [0.5, 0.6) is 5.75 Å². The van der Waals surface area contributed by atoms with Crippen molar-refractivity contribution in [2.45, 2.75) is 26.0 Å². The minimum atomic E-state index is -0.449. The third kappa shape index (κ3) is 2.05. The molecule has 18 heavy (non-hydrogen) atoms. The Morgan fingerprint density at radius 2 is 2.33 bits per heavy atom. The summed E-state index contributed by atoms with van der Waals surface area (Å²) in [6.45, 7) is 2.58. The van der Waals surface area contributed by atoms with Crippen molar-refractivity contribution in [3.63, 3.8) is 0 Å². The lowest BCUT2D eigenvalue weighted by Crippen LogP contribution is -2.45. The quantitative estimate of drug-likeness (QED) is 0.815. The van der Waals surface area contributed by atoms with Crippen LogP contribution in [0.2, 0.25) is 0 Å². The van der Waals surface area contributed by atoms with Crippen LogP contribution in [0.3, 0.4) is 0 Å². The zero-order valence-corrected chi connectivity index (χ0v) is 10.3. The molecule has 0 spiro atoms. The Labute approximate surface area is 107 Å². The molecule has 1 atom stereocenters. The second-order valence-electron chi connectivity index (χ2n) is 4.15. The number of benzene rings is 1. The summed E-state index contributed by atoms with van der Waals surface area (Å²) in [5, 5.41) is 0. The number of carbonyl (C=O) groups is 1. The van der Waals surface area contributed by atoms with Crippen molar-refractivity contribution in [2.24, 2.45) is 5.73 Å². The van der Waals surface area contributed by atoms with Gasteiger partial charge in [-0.1, -0.05) is 18.9 Å². The van der Waals surface area contributed by atoms with E-state index in [1.807, 2.05) is 25.1 Å². The fourth-order valence-corrected chi connectivity index (χ4v) is 2.01. The molecule has 1 aromatic carbocycles. The summed E-state index contributed by atoms with van der Waals surface area (Å²) in [5.74, 6) is 3.11. The third-order valence-corrected chi connectivity index (χ3v) is 2.98. The molecule has 2 rings (SSSR count). The van der Waals surface area contributed by atoms with E-state index >= 15 is 0 Å². The highest BCUT2D eigenvalue weighted by atomic mass is 16.5. The maximum absolute atomic E-state index is 12.2. The van der Waals surface area contributed by atoms with Crippen LogP contribution in [0.1, 0.15) is 18.9 Å². The first-order valence-electron chi connectivity index (χ1n) is 5.95. The summed E-state index contributed by atoms with van der Waals surface area (Å²) in [4.78, 5) is 13.8. The highest BCUT2D eigenvalue weighted by molar-refractivity contribution is 6.00. The van der Waals surface area contributed by atoms with E-state index in [-0.39, 0.29) is 12.5 Å². The molecule has 1 aromatic rings. The van der Waals surface area contributed by atoms with Gasteiger partial charge in [-0.25, -0.2) is 0 Å². The largest absolute Gasteiger partial charge is 0.478 e. The first kappa shape index (κ1) is 12.5. The molecule has 0 aromatic heterocycles. The van der Waals surface area contributed by atoms with Gasteiger partial charge in [0.15, 0.2) is 6.10 Å². The van der Waals surface area contributed by atoms with E-state index in [4.69, 9.17) is 16.9 Å². The SMILES string of the molecule is C#CCN1C(=O)C(CC)Oc2ccc(CN)cc21. The van der Waals surface area contributed by atoms with Gasteiger partial charge in [-0.2, -0.15) is 0 Å². The standard InChI is InChI=1S/C14H16N2O2/c1-3-7-16-11-8-10(9-15)5-6-13(11)18-12(4-2)14(16)17/h1,5-6,8,12H,4,7,9,15H2,2H3. The predicted molar refractivity (Wildman–Crippen MR) is 70.2 cm³/mol. The molecule has 0 aliphatic carbocycles. The molecule has 1 aliphatic heterocycles. The van der Waals surface area contributed by atoms with Gasteiger partial charge in [0.2, 0.25) is 0 Å². The van der Waals surface area contributed by atoms with Crippen LogP contribution in [-0.4, -0.2) is 18.6 Å². The first-order chi connectivity index (χ1) is 8.71. The van der Waals surface area contributed by atoms with Gasteiger partial charge in [-0.3, -0.25) is 9.69 Å². The molecule has 0 bridgehead atoms. The third-order valence-electron chi connectivity index (χ3n) is 2.98. The Kier molecular flexibility index (Phi) is 3.54. The second kappa shape index (κ2) is 5.11. The number of ether oxygens (including phenoxy) is 1. The van der Waals surface area contributed by atoms with Crippen molar-refractivity contribution in [1.82, 2.24) is 0 Å². The van der Waals surface area contributed by atoms with Crippen molar-refractivity contribution in [2.75, 3.05) is 11.4 Å². The van der Waals surface area contributed by atoms with Gasteiger partial charge in [0.25, 0.3) is 5.91 Å². The zero-order chi connectivity index (χ0) is 13.1. The molecular formula is C14H16N2O2.